The highest BCUT2D eigenvalue weighted by Crippen LogP contribution is 2.22. The van der Waals surface area contributed by atoms with E-state index in [1.807, 2.05) is 0 Å². The molecule has 12 heavy (non-hydrogen) atoms. The molecule has 0 amide bonds. The molecular weight excluding hydrogens is 218 g/mol. The van der Waals surface area contributed by atoms with Gasteiger partial charge in [0.1, 0.15) is 0 Å². The fraction of sp³-hybridized carbons (Fsp3) is 0.333. The van der Waals surface area contributed by atoms with Crippen molar-refractivity contribution in [1.82, 2.24) is 4.72 Å². The number of hydrogen-bond acceptors (Lipinski definition) is 3. The van der Waals surface area contributed by atoms with E-state index >= 15 is 0 Å². The lowest BCUT2D eigenvalue weighted by atomic mass is 10.5. The van der Waals surface area contributed by atoms with Gasteiger partial charge in [-0.25, -0.2) is 13.1 Å². The summed E-state index contributed by atoms with van der Waals surface area (Å²) in [6.07, 6.45) is 0. The molecule has 3 nitrogen and oxygen atoms in total. The molecular formula is C6H8ClNO2S2. The van der Waals surface area contributed by atoms with Crippen molar-refractivity contribution in [2.45, 2.75) is 10.8 Å². The van der Waals surface area contributed by atoms with Gasteiger partial charge in [-0.15, -0.1) is 22.9 Å². The van der Waals surface area contributed by atoms with E-state index in [1.54, 1.807) is 11.4 Å². The quantitative estimate of drug-likeness (QED) is 0.791. The van der Waals surface area contributed by atoms with Gasteiger partial charge >= 0.3 is 0 Å². The maximum atomic E-state index is 11.3. The monoisotopic (exact) mass is 225 g/mol. The third-order valence-electron chi connectivity index (χ3n) is 1.38. The average Bonchev–Trinajstić information content (AvgIpc) is 2.52. The molecule has 1 N–H and O–H groups in total. The van der Waals surface area contributed by atoms with Gasteiger partial charge < -0.3 is 0 Å². The first-order valence-corrected chi connectivity index (χ1v) is 6.07. The number of halogens is 1. The number of sulfonamides is 1. The lowest BCUT2D eigenvalue weighted by molar-refractivity contribution is 0.588. The molecule has 1 aromatic heterocycles. The van der Waals surface area contributed by atoms with Gasteiger partial charge in [-0.3, -0.25) is 0 Å². The second-order valence-electron chi connectivity index (χ2n) is 2.05. The molecule has 0 spiro atoms. The van der Waals surface area contributed by atoms with E-state index in [0.717, 1.165) is 0 Å². The lowest BCUT2D eigenvalue weighted by Gasteiger charge is -2.00. The smallest absolute Gasteiger partial charge is 0.214 e. The van der Waals surface area contributed by atoms with Crippen LogP contribution in [0.15, 0.2) is 16.3 Å². The van der Waals surface area contributed by atoms with Crippen molar-refractivity contribution < 1.29 is 8.42 Å². The summed E-state index contributed by atoms with van der Waals surface area (Å²) in [5.41, 5.74) is 0. The van der Waals surface area contributed by atoms with Crippen molar-refractivity contribution in [1.29, 1.82) is 0 Å². The first-order valence-electron chi connectivity index (χ1n) is 3.17. The van der Waals surface area contributed by atoms with E-state index in [4.69, 9.17) is 11.6 Å². The summed E-state index contributed by atoms with van der Waals surface area (Å²) in [6, 6.07) is 1.55. The Bertz CT molecular complexity index is 357. The molecule has 0 atom stereocenters. The van der Waals surface area contributed by atoms with Gasteiger partial charge in [0.05, 0.1) is 10.8 Å². The predicted molar refractivity (Wildman–Crippen MR) is 50.1 cm³/mol. The molecule has 68 valence electrons. The highest BCUT2D eigenvalue weighted by atomic mass is 35.5. The van der Waals surface area contributed by atoms with Gasteiger partial charge in [0.2, 0.25) is 10.0 Å². The fourth-order valence-electron chi connectivity index (χ4n) is 0.776. The van der Waals surface area contributed by atoms with Crippen LogP contribution < -0.4 is 4.72 Å². The minimum absolute atomic E-state index is 0.230. The Morgan fingerprint density at radius 2 is 2.33 bits per heavy atom. The number of rotatable bonds is 3. The molecule has 0 saturated carbocycles. The summed E-state index contributed by atoms with van der Waals surface area (Å²) >= 11 is 6.90. The molecule has 0 radical (unpaired) electrons. The van der Waals surface area contributed by atoms with Crippen LogP contribution >= 0.6 is 22.9 Å². The number of alkyl halides is 1. The van der Waals surface area contributed by atoms with E-state index in [9.17, 15) is 8.42 Å². The molecule has 0 unspecified atom stereocenters. The van der Waals surface area contributed by atoms with Crippen LogP contribution in [-0.2, 0) is 15.9 Å². The summed E-state index contributed by atoms with van der Waals surface area (Å²) < 4.78 is 24.8. The highest BCUT2D eigenvalue weighted by molar-refractivity contribution is 7.89. The number of hydrogen-bond donors (Lipinski definition) is 1. The Morgan fingerprint density at radius 1 is 1.67 bits per heavy atom. The first kappa shape index (κ1) is 9.98. The standard InChI is InChI=1S/C6H8ClNO2S2/c1-8-12(9,10)6-2-3-11-5(6)4-7/h2-3,8H,4H2,1H3. The summed E-state index contributed by atoms with van der Waals surface area (Å²) in [5, 5.41) is 1.71. The maximum absolute atomic E-state index is 11.3. The van der Waals surface area contributed by atoms with Crippen molar-refractivity contribution >= 4 is 33.0 Å². The highest BCUT2D eigenvalue weighted by Gasteiger charge is 2.16. The van der Waals surface area contributed by atoms with Crippen LogP contribution in [-0.4, -0.2) is 15.5 Å². The molecule has 0 aliphatic carbocycles. The van der Waals surface area contributed by atoms with Crippen LogP contribution in [0.2, 0.25) is 0 Å². The Labute approximate surface area is 80.4 Å². The summed E-state index contributed by atoms with van der Waals surface area (Å²) in [6.45, 7) is 0. The Morgan fingerprint density at radius 3 is 2.83 bits per heavy atom. The zero-order valence-electron chi connectivity index (χ0n) is 6.37. The van der Waals surface area contributed by atoms with Gasteiger partial charge in [-0.05, 0) is 18.5 Å². The van der Waals surface area contributed by atoms with E-state index < -0.39 is 10.0 Å². The SMILES string of the molecule is CNS(=O)(=O)c1ccsc1CCl. The van der Waals surface area contributed by atoms with Crippen molar-refractivity contribution in [3.05, 3.63) is 16.3 Å². The van der Waals surface area contributed by atoms with Crippen LogP contribution in [0, 0.1) is 0 Å². The second kappa shape index (κ2) is 3.74. The van der Waals surface area contributed by atoms with Gasteiger partial charge in [0.25, 0.3) is 0 Å². The first-order chi connectivity index (χ1) is 5.61. The fourth-order valence-corrected chi connectivity index (χ4v) is 3.20. The van der Waals surface area contributed by atoms with E-state index in [2.05, 4.69) is 4.72 Å². The molecule has 0 aliphatic rings. The largest absolute Gasteiger partial charge is 0.241 e. The Hall–Kier alpha value is -0.100. The Balaban J connectivity index is 3.19. The molecule has 0 saturated heterocycles. The molecule has 0 fully saturated rings. The van der Waals surface area contributed by atoms with Crippen molar-refractivity contribution in [2.75, 3.05) is 7.05 Å². The summed E-state index contributed by atoms with van der Waals surface area (Å²) in [4.78, 5) is 0.955. The molecule has 1 aromatic rings. The van der Waals surface area contributed by atoms with Crippen molar-refractivity contribution in [3.63, 3.8) is 0 Å². The third kappa shape index (κ3) is 1.80. The molecule has 6 heteroatoms. The van der Waals surface area contributed by atoms with Crippen LogP contribution in [0.5, 0.6) is 0 Å². The molecule has 1 heterocycles. The van der Waals surface area contributed by atoms with Crippen LogP contribution in [0.4, 0.5) is 0 Å². The van der Waals surface area contributed by atoms with Gasteiger partial charge in [-0.2, -0.15) is 0 Å². The summed E-state index contributed by atoms with van der Waals surface area (Å²) in [7, 11) is -1.94. The average molecular weight is 226 g/mol. The van der Waals surface area contributed by atoms with Crippen LogP contribution in [0.1, 0.15) is 4.88 Å². The second-order valence-corrected chi connectivity index (χ2v) is 5.17. The van der Waals surface area contributed by atoms with E-state index in [1.165, 1.54) is 18.4 Å². The molecule has 1 rings (SSSR count). The number of nitrogens with one attached hydrogen (secondary N) is 1. The van der Waals surface area contributed by atoms with Crippen LogP contribution in [0.25, 0.3) is 0 Å². The zero-order valence-corrected chi connectivity index (χ0v) is 8.76. The van der Waals surface area contributed by atoms with E-state index in [-0.39, 0.29) is 10.8 Å². The lowest BCUT2D eigenvalue weighted by Crippen LogP contribution is -2.18. The third-order valence-corrected chi connectivity index (χ3v) is 4.36. The molecule has 0 aliphatic heterocycles. The Kier molecular flexibility index (Phi) is 3.11. The van der Waals surface area contributed by atoms with Crippen LogP contribution in [0.3, 0.4) is 0 Å². The minimum Gasteiger partial charge on any atom is -0.214 e. The zero-order chi connectivity index (χ0) is 9.19. The number of thiophene rings is 1. The van der Waals surface area contributed by atoms with Crippen molar-refractivity contribution in [2.24, 2.45) is 0 Å². The van der Waals surface area contributed by atoms with Crippen molar-refractivity contribution in [3.8, 4) is 0 Å². The maximum Gasteiger partial charge on any atom is 0.241 e. The molecule has 0 aromatic carbocycles. The van der Waals surface area contributed by atoms with E-state index in [0.29, 0.717) is 4.88 Å². The predicted octanol–water partition coefficient (Wildman–Crippen LogP) is 1.40. The topological polar surface area (TPSA) is 46.2 Å². The normalized spacial score (nSPS) is 11.8. The minimum atomic E-state index is -3.32. The summed E-state index contributed by atoms with van der Waals surface area (Å²) in [5.74, 6) is 0.230. The van der Waals surface area contributed by atoms with Gasteiger partial charge in [-0.1, -0.05) is 0 Å². The molecule has 0 bridgehead atoms. The van der Waals surface area contributed by atoms with Gasteiger partial charge in [0, 0.05) is 4.88 Å². The van der Waals surface area contributed by atoms with Gasteiger partial charge in [0.15, 0.2) is 0 Å².